The molecule has 2 aliphatic rings. The minimum atomic E-state index is 0.349. The quantitative estimate of drug-likeness (QED) is 0.771. The molecule has 130 valence electrons. The van der Waals surface area contributed by atoms with Crippen molar-refractivity contribution in [3.8, 4) is 0 Å². The molecule has 1 saturated carbocycles. The third-order valence-corrected chi connectivity index (χ3v) is 4.87. The molecule has 4 rings (SSSR count). The van der Waals surface area contributed by atoms with Crippen molar-refractivity contribution < 1.29 is 9.05 Å². The van der Waals surface area contributed by atoms with E-state index in [9.17, 15) is 0 Å². The molecule has 1 saturated heterocycles. The van der Waals surface area contributed by atoms with E-state index in [-0.39, 0.29) is 0 Å². The summed E-state index contributed by atoms with van der Waals surface area (Å²) in [7, 11) is 0. The van der Waals surface area contributed by atoms with E-state index in [1.165, 1.54) is 12.8 Å². The standard InChI is InChI=1S/C17H25N5O2/c1-2-3-6-15-18-14(20-23-15)11-22-9-4-5-13(10-22)16-19-17(24-21-16)12-7-8-12/h12-13H,2-11H2,1H3/t13-/m0/s1. The van der Waals surface area contributed by atoms with Crippen LogP contribution in [0.1, 0.15) is 80.7 Å². The zero-order valence-electron chi connectivity index (χ0n) is 14.3. The lowest BCUT2D eigenvalue weighted by Crippen LogP contribution is -2.34. The van der Waals surface area contributed by atoms with E-state index in [0.29, 0.717) is 11.8 Å². The highest BCUT2D eigenvalue weighted by Gasteiger charge is 2.32. The molecule has 3 heterocycles. The monoisotopic (exact) mass is 331 g/mol. The Bertz CT molecular complexity index is 663. The summed E-state index contributed by atoms with van der Waals surface area (Å²) in [5.41, 5.74) is 0. The van der Waals surface area contributed by atoms with Gasteiger partial charge in [0.15, 0.2) is 11.6 Å². The van der Waals surface area contributed by atoms with E-state index in [1.807, 2.05) is 0 Å². The molecule has 2 aromatic heterocycles. The van der Waals surface area contributed by atoms with Crippen LogP contribution < -0.4 is 0 Å². The molecular formula is C17H25N5O2. The molecule has 2 fully saturated rings. The third kappa shape index (κ3) is 3.66. The number of unbranched alkanes of at least 4 members (excludes halogenated alkanes) is 1. The van der Waals surface area contributed by atoms with Crippen LogP contribution in [0, 0.1) is 0 Å². The summed E-state index contributed by atoms with van der Waals surface area (Å²) in [6, 6.07) is 0. The number of nitrogens with zero attached hydrogens (tertiary/aromatic N) is 5. The molecule has 0 radical (unpaired) electrons. The highest BCUT2D eigenvalue weighted by atomic mass is 16.5. The number of rotatable bonds is 7. The predicted molar refractivity (Wildman–Crippen MR) is 86.4 cm³/mol. The Morgan fingerprint density at radius 3 is 2.83 bits per heavy atom. The molecule has 0 bridgehead atoms. The molecule has 0 spiro atoms. The van der Waals surface area contributed by atoms with Crippen LogP contribution in [0.3, 0.4) is 0 Å². The van der Waals surface area contributed by atoms with Crippen LogP contribution in [0.25, 0.3) is 0 Å². The zero-order valence-corrected chi connectivity index (χ0v) is 14.3. The average molecular weight is 331 g/mol. The number of aryl methyl sites for hydroxylation is 1. The van der Waals surface area contributed by atoms with Gasteiger partial charge in [-0.2, -0.15) is 9.97 Å². The van der Waals surface area contributed by atoms with Crippen LogP contribution in [0.5, 0.6) is 0 Å². The lowest BCUT2D eigenvalue weighted by Gasteiger charge is -2.30. The van der Waals surface area contributed by atoms with Crippen LogP contribution >= 0.6 is 0 Å². The van der Waals surface area contributed by atoms with E-state index in [1.54, 1.807) is 0 Å². The van der Waals surface area contributed by atoms with E-state index >= 15 is 0 Å². The van der Waals surface area contributed by atoms with Crippen LogP contribution in [-0.4, -0.2) is 38.3 Å². The van der Waals surface area contributed by atoms with E-state index in [4.69, 9.17) is 9.05 Å². The minimum absolute atomic E-state index is 0.349. The van der Waals surface area contributed by atoms with Gasteiger partial charge in [-0.25, -0.2) is 0 Å². The van der Waals surface area contributed by atoms with Gasteiger partial charge in [-0.1, -0.05) is 23.7 Å². The van der Waals surface area contributed by atoms with Crippen molar-refractivity contribution in [3.05, 3.63) is 23.4 Å². The summed E-state index contributed by atoms with van der Waals surface area (Å²) in [4.78, 5) is 11.5. The second kappa shape index (κ2) is 7.01. The first kappa shape index (κ1) is 15.7. The lowest BCUT2D eigenvalue weighted by molar-refractivity contribution is 0.188. The van der Waals surface area contributed by atoms with Gasteiger partial charge < -0.3 is 9.05 Å². The molecule has 7 heteroatoms. The first-order valence-electron chi connectivity index (χ1n) is 9.19. The summed E-state index contributed by atoms with van der Waals surface area (Å²) < 4.78 is 10.7. The van der Waals surface area contributed by atoms with Crippen LogP contribution in [-0.2, 0) is 13.0 Å². The van der Waals surface area contributed by atoms with Gasteiger partial charge in [0.25, 0.3) is 0 Å². The van der Waals surface area contributed by atoms with Crippen molar-refractivity contribution in [2.24, 2.45) is 0 Å². The Labute approximate surface area is 141 Å². The van der Waals surface area contributed by atoms with E-state index in [0.717, 1.165) is 75.2 Å². The topological polar surface area (TPSA) is 81.1 Å². The second-order valence-electron chi connectivity index (χ2n) is 7.05. The molecule has 0 unspecified atom stereocenters. The number of piperidine rings is 1. The second-order valence-corrected chi connectivity index (χ2v) is 7.05. The van der Waals surface area contributed by atoms with Crippen molar-refractivity contribution in [2.75, 3.05) is 13.1 Å². The molecule has 0 N–H and O–H groups in total. The van der Waals surface area contributed by atoms with Gasteiger partial charge in [-0.3, -0.25) is 4.90 Å². The van der Waals surface area contributed by atoms with E-state index in [2.05, 4.69) is 32.1 Å². The normalized spacial score (nSPS) is 22.1. The number of aromatic nitrogens is 4. The lowest BCUT2D eigenvalue weighted by atomic mass is 9.97. The summed E-state index contributed by atoms with van der Waals surface area (Å²) in [5.74, 6) is 4.12. The van der Waals surface area contributed by atoms with Crippen molar-refractivity contribution >= 4 is 0 Å². The highest BCUT2D eigenvalue weighted by molar-refractivity contribution is 5.05. The van der Waals surface area contributed by atoms with E-state index < -0.39 is 0 Å². The Morgan fingerprint density at radius 1 is 1.08 bits per heavy atom. The van der Waals surface area contributed by atoms with Gasteiger partial charge in [0.05, 0.1) is 6.54 Å². The molecule has 1 aliphatic heterocycles. The predicted octanol–water partition coefficient (Wildman–Crippen LogP) is 3.05. The van der Waals surface area contributed by atoms with Gasteiger partial charge in [-0.05, 0) is 38.6 Å². The summed E-state index contributed by atoms with van der Waals surface area (Å²) in [6.45, 7) is 4.89. The summed E-state index contributed by atoms with van der Waals surface area (Å²) >= 11 is 0. The van der Waals surface area contributed by atoms with Crippen LogP contribution in [0.4, 0.5) is 0 Å². The Hall–Kier alpha value is -1.76. The maximum atomic E-state index is 5.42. The fourth-order valence-electron chi connectivity index (χ4n) is 3.30. The fourth-order valence-corrected chi connectivity index (χ4v) is 3.30. The molecule has 1 aliphatic carbocycles. The Balaban J connectivity index is 1.34. The molecule has 7 nitrogen and oxygen atoms in total. The molecular weight excluding hydrogens is 306 g/mol. The van der Waals surface area contributed by atoms with Crippen LogP contribution in [0.15, 0.2) is 9.05 Å². The van der Waals surface area contributed by atoms with Crippen molar-refractivity contribution in [3.63, 3.8) is 0 Å². The number of hydrogen-bond donors (Lipinski definition) is 0. The Morgan fingerprint density at radius 2 is 2.00 bits per heavy atom. The van der Waals surface area contributed by atoms with Gasteiger partial charge in [0.1, 0.15) is 0 Å². The smallest absolute Gasteiger partial charge is 0.229 e. The SMILES string of the molecule is CCCCc1nc(CN2CCC[C@H](c3noc(C4CC4)n3)C2)no1. The maximum absolute atomic E-state index is 5.42. The molecule has 1 atom stereocenters. The maximum Gasteiger partial charge on any atom is 0.229 e. The minimum Gasteiger partial charge on any atom is -0.339 e. The number of hydrogen-bond acceptors (Lipinski definition) is 7. The molecule has 0 aromatic carbocycles. The largest absolute Gasteiger partial charge is 0.339 e. The first-order chi connectivity index (χ1) is 11.8. The summed E-state index contributed by atoms with van der Waals surface area (Å²) in [6.07, 6.45) is 7.74. The van der Waals surface area contributed by atoms with Gasteiger partial charge >= 0.3 is 0 Å². The molecule has 24 heavy (non-hydrogen) atoms. The first-order valence-corrected chi connectivity index (χ1v) is 9.19. The van der Waals surface area contributed by atoms with Crippen LogP contribution in [0.2, 0.25) is 0 Å². The molecule has 2 aromatic rings. The van der Waals surface area contributed by atoms with Crippen molar-refractivity contribution in [1.29, 1.82) is 0 Å². The highest BCUT2D eigenvalue weighted by Crippen LogP contribution is 2.39. The molecule has 0 amide bonds. The zero-order chi connectivity index (χ0) is 16.4. The Kier molecular flexibility index (Phi) is 4.60. The summed E-state index contributed by atoms with van der Waals surface area (Å²) in [5, 5.41) is 8.34. The van der Waals surface area contributed by atoms with Gasteiger partial charge in [0, 0.05) is 24.8 Å². The average Bonchev–Trinajstić information content (AvgIpc) is 3.16. The fraction of sp³-hybridized carbons (Fsp3) is 0.765. The van der Waals surface area contributed by atoms with Gasteiger partial charge in [-0.15, -0.1) is 0 Å². The third-order valence-electron chi connectivity index (χ3n) is 4.87. The van der Waals surface area contributed by atoms with Gasteiger partial charge in [0.2, 0.25) is 11.8 Å². The number of likely N-dealkylation sites (tertiary alicyclic amines) is 1. The van der Waals surface area contributed by atoms with Crippen molar-refractivity contribution in [2.45, 2.75) is 70.3 Å². The van der Waals surface area contributed by atoms with Crippen molar-refractivity contribution in [1.82, 2.24) is 25.2 Å².